The zero-order valence-corrected chi connectivity index (χ0v) is 15.7. The maximum atomic E-state index is 11.2. The lowest BCUT2D eigenvalue weighted by Gasteiger charge is -2.16. The van der Waals surface area contributed by atoms with Crippen molar-refractivity contribution >= 4 is 29.0 Å². The van der Waals surface area contributed by atoms with Gasteiger partial charge in [-0.25, -0.2) is 4.98 Å². The Morgan fingerprint density at radius 2 is 1.70 bits per heavy atom. The van der Waals surface area contributed by atoms with Gasteiger partial charge in [0.05, 0.1) is 0 Å². The second kappa shape index (κ2) is 8.31. The van der Waals surface area contributed by atoms with E-state index in [1.165, 1.54) is 12.5 Å². The van der Waals surface area contributed by atoms with Gasteiger partial charge in [0.1, 0.15) is 5.82 Å². The van der Waals surface area contributed by atoms with Gasteiger partial charge in [-0.3, -0.25) is 4.79 Å². The molecule has 3 N–H and O–H groups in total. The van der Waals surface area contributed by atoms with E-state index in [1.807, 2.05) is 55.5 Å². The van der Waals surface area contributed by atoms with Crippen LogP contribution in [0, 0.1) is 6.92 Å². The minimum Gasteiger partial charge on any atom is -0.363 e. The monoisotopic (exact) mass is 361 g/mol. The Kier molecular flexibility index (Phi) is 5.66. The largest absolute Gasteiger partial charge is 0.363 e. The molecule has 1 amide bonds. The van der Waals surface area contributed by atoms with Gasteiger partial charge in [0, 0.05) is 36.1 Å². The summed E-state index contributed by atoms with van der Waals surface area (Å²) in [5.41, 5.74) is 3.56. The predicted octanol–water partition coefficient (Wildman–Crippen LogP) is 4.66. The fourth-order valence-corrected chi connectivity index (χ4v) is 2.75. The molecule has 0 aliphatic carbocycles. The second-order valence-corrected chi connectivity index (χ2v) is 6.38. The molecule has 0 aliphatic heterocycles. The second-order valence-electron chi connectivity index (χ2n) is 6.38. The number of aryl methyl sites for hydroxylation is 1. The highest BCUT2D eigenvalue weighted by molar-refractivity contribution is 5.89. The van der Waals surface area contributed by atoms with Gasteiger partial charge in [-0.1, -0.05) is 36.4 Å². The topological polar surface area (TPSA) is 78.9 Å². The lowest BCUT2D eigenvalue weighted by Crippen LogP contribution is -2.10. The first-order valence-corrected chi connectivity index (χ1v) is 8.81. The Balaban J connectivity index is 1.76. The number of nitrogens with one attached hydrogen (secondary N) is 3. The number of anilines is 4. The number of aromatic nitrogens is 2. The first-order valence-electron chi connectivity index (χ1n) is 8.81. The summed E-state index contributed by atoms with van der Waals surface area (Å²) < 4.78 is 0. The smallest absolute Gasteiger partial charge is 0.229 e. The van der Waals surface area contributed by atoms with Crippen LogP contribution in [0.5, 0.6) is 0 Å². The van der Waals surface area contributed by atoms with Gasteiger partial charge in [0.2, 0.25) is 11.9 Å². The SMILES string of the molecule is CC(=O)Nc1cccc(Nc2nc(C)cc(NC(C)c3ccccc3)n2)c1. The highest BCUT2D eigenvalue weighted by atomic mass is 16.1. The van der Waals surface area contributed by atoms with Crippen LogP contribution in [-0.4, -0.2) is 15.9 Å². The summed E-state index contributed by atoms with van der Waals surface area (Å²) in [5.74, 6) is 1.14. The van der Waals surface area contributed by atoms with Crippen molar-refractivity contribution in [3.05, 3.63) is 71.9 Å². The molecule has 0 radical (unpaired) electrons. The van der Waals surface area contributed by atoms with Crippen LogP contribution in [0.4, 0.5) is 23.1 Å². The van der Waals surface area contributed by atoms with Gasteiger partial charge in [0.25, 0.3) is 0 Å². The number of rotatable bonds is 6. The average Bonchev–Trinajstić information content (AvgIpc) is 2.61. The van der Waals surface area contributed by atoms with Crippen LogP contribution in [0.15, 0.2) is 60.7 Å². The third-order valence-corrected chi connectivity index (χ3v) is 3.96. The molecule has 1 heterocycles. The van der Waals surface area contributed by atoms with Crippen molar-refractivity contribution in [2.24, 2.45) is 0 Å². The lowest BCUT2D eigenvalue weighted by atomic mass is 10.1. The molecule has 0 saturated carbocycles. The number of amides is 1. The molecule has 1 unspecified atom stereocenters. The highest BCUT2D eigenvalue weighted by Crippen LogP contribution is 2.22. The van der Waals surface area contributed by atoms with E-state index >= 15 is 0 Å². The van der Waals surface area contributed by atoms with Crippen molar-refractivity contribution in [2.75, 3.05) is 16.0 Å². The summed E-state index contributed by atoms with van der Waals surface area (Å²) >= 11 is 0. The summed E-state index contributed by atoms with van der Waals surface area (Å²) in [7, 11) is 0. The molecule has 2 aromatic carbocycles. The van der Waals surface area contributed by atoms with Gasteiger partial charge in [-0.05, 0) is 37.6 Å². The summed E-state index contributed by atoms with van der Waals surface area (Å²) in [6, 6.07) is 19.7. The van der Waals surface area contributed by atoms with E-state index in [1.54, 1.807) is 0 Å². The Morgan fingerprint density at radius 1 is 0.963 bits per heavy atom. The molecular formula is C21H23N5O. The van der Waals surface area contributed by atoms with E-state index in [0.717, 1.165) is 22.9 Å². The predicted molar refractivity (Wildman–Crippen MR) is 109 cm³/mol. The van der Waals surface area contributed by atoms with E-state index in [0.29, 0.717) is 5.95 Å². The molecular weight excluding hydrogens is 338 g/mol. The maximum absolute atomic E-state index is 11.2. The number of benzene rings is 2. The van der Waals surface area contributed by atoms with Crippen LogP contribution in [0.1, 0.15) is 31.1 Å². The maximum Gasteiger partial charge on any atom is 0.229 e. The number of carbonyl (C=O) groups excluding carboxylic acids is 1. The highest BCUT2D eigenvalue weighted by Gasteiger charge is 2.08. The Labute approximate surface area is 159 Å². The molecule has 6 heteroatoms. The van der Waals surface area contributed by atoms with Crippen LogP contribution in [-0.2, 0) is 4.79 Å². The fraction of sp³-hybridized carbons (Fsp3) is 0.190. The zero-order chi connectivity index (χ0) is 19.2. The van der Waals surface area contributed by atoms with E-state index in [9.17, 15) is 4.79 Å². The lowest BCUT2D eigenvalue weighted by molar-refractivity contribution is -0.114. The van der Waals surface area contributed by atoms with Crippen molar-refractivity contribution in [1.29, 1.82) is 0 Å². The zero-order valence-electron chi connectivity index (χ0n) is 15.7. The molecule has 1 aromatic heterocycles. The normalized spacial score (nSPS) is 11.5. The van der Waals surface area contributed by atoms with E-state index in [4.69, 9.17) is 0 Å². The average molecular weight is 361 g/mol. The summed E-state index contributed by atoms with van der Waals surface area (Å²) in [6.07, 6.45) is 0. The summed E-state index contributed by atoms with van der Waals surface area (Å²) in [5, 5.41) is 9.38. The van der Waals surface area contributed by atoms with Crippen molar-refractivity contribution in [2.45, 2.75) is 26.8 Å². The summed E-state index contributed by atoms with van der Waals surface area (Å²) in [6.45, 7) is 5.51. The molecule has 6 nitrogen and oxygen atoms in total. The number of hydrogen-bond acceptors (Lipinski definition) is 5. The Hall–Kier alpha value is -3.41. The first-order chi connectivity index (χ1) is 13.0. The molecule has 0 spiro atoms. The van der Waals surface area contributed by atoms with Crippen LogP contribution in [0.25, 0.3) is 0 Å². The quantitative estimate of drug-likeness (QED) is 0.595. The fourth-order valence-electron chi connectivity index (χ4n) is 2.75. The van der Waals surface area contributed by atoms with Crippen LogP contribution >= 0.6 is 0 Å². The molecule has 1 atom stereocenters. The Bertz CT molecular complexity index is 927. The van der Waals surface area contributed by atoms with Crippen molar-refractivity contribution in [3.8, 4) is 0 Å². The molecule has 27 heavy (non-hydrogen) atoms. The van der Waals surface area contributed by atoms with Crippen LogP contribution < -0.4 is 16.0 Å². The van der Waals surface area contributed by atoms with Crippen molar-refractivity contribution in [1.82, 2.24) is 9.97 Å². The molecule has 3 rings (SSSR count). The summed E-state index contributed by atoms with van der Waals surface area (Å²) in [4.78, 5) is 20.2. The van der Waals surface area contributed by atoms with Gasteiger partial charge in [-0.15, -0.1) is 0 Å². The number of hydrogen-bond donors (Lipinski definition) is 3. The van der Waals surface area contributed by atoms with Crippen molar-refractivity contribution in [3.63, 3.8) is 0 Å². The minimum absolute atomic E-state index is 0.111. The van der Waals surface area contributed by atoms with Gasteiger partial charge >= 0.3 is 0 Å². The first kappa shape index (κ1) is 18.4. The molecule has 0 saturated heterocycles. The van der Waals surface area contributed by atoms with Crippen LogP contribution in [0.3, 0.4) is 0 Å². The number of carbonyl (C=O) groups is 1. The molecule has 138 valence electrons. The third-order valence-electron chi connectivity index (χ3n) is 3.96. The minimum atomic E-state index is -0.111. The van der Waals surface area contributed by atoms with E-state index in [2.05, 4.69) is 45.0 Å². The van der Waals surface area contributed by atoms with Gasteiger partial charge in [-0.2, -0.15) is 4.98 Å². The standard InChI is InChI=1S/C21H23N5O/c1-14-12-20(23-15(2)17-8-5-4-6-9-17)26-21(22-14)25-19-11-7-10-18(13-19)24-16(3)27/h4-13,15H,1-3H3,(H,24,27)(H2,22,23,25,26). The van der Waals surface area contributed by atoms with Crippen molar-refractivity contribution < 1.29 is 4.79 Å². The molecule has 0 aliphatic rings. The van der Waals surface area contributed by atoms with E-state index < -0.39 is 0 Å². The van der Waals surface area contributed by atoms with Gasteiger partial charge in [0.15, 0.2) is 0 Å². The van der Waals surface area contributed by atoms with Crippen LogP contribution in [0.2, 0.25) is 0 Å². The Morgan fingerprint density at radius 3 is 2.44 bits per heavy atom. The number of nitrogens with zero attached hydrogens (tertiary/aromatic N) is 2. The molecule has 0 fully saturated rings. The van der Waals surface area contributed by atoms with E-state index in [-0.39, 0.29) is 11.9 Å². The molecule has 0 bridgehead atoms. The molecule has 3 aromatic rings. The van der Waals surface area contributed by atoms with Gasteiger partial charge < -0.3 is 16.0 Å². The third kappa shape index (κ3) is 5.28.